The molecule has 0 bridgehead atoms. The van der Waals surface area contributed by atoms with Crippen molar-refractivity contribution in [2.24, 2.45) is 11.7 Å². The van der Waals surface area contributed by atoms with Crippen molar-refractivity contribution in [2.75, 3.05) is 13.7 Å². The lowest BCUT2D eigenvalue weighted by Gasteiger charge is -2.13. The summed E-state index contributed by atoms with van der Waals surface area (Å²) < 4.78 is 15.0. The van der Waals surface area contributed by atoms with Crippen molar-refractivity contribution in [1.82, 2.24) is 5.32 Å². The van der Waals surface area contributed by atoms with Crippen LogP contribution in [0.5, 0.6) is 11.5 Å². The number of rotatable bonds is 13. The molecule has 0 aliphatic rings. The van der Waals surface area contributed by atoms with E-state index in [2.05, 4.69) is 31.3 Å². The number of ether oxygens (including phenoxy) is 3. The molecule has 0 aromatic heterocycles. The molecule has 1 unspecified atom stereocenters. The number of nitrogens with one attached hydrogen (secondary N) is 1. The molecule has 3 N–H and O–H groups in total. The van der Waals surface area contributed by atoms with Crippen LogP contribution in [0.3, 0.4) is 0 Å². The number of aldehydes is 1. The van der Waals surface area contributed by atoms with Crippen molar-refractivity contribution >= 4 is 18.3 Å². The topological polar surface area (TPSA) is 117 Å². The smallest absolute Gasteiger partial charge is 0.493 e. The lowest BCUT2D eigenvalue weighted by atomic mass is 10.1. The quantitative estimate of drug-likeness (QED) is 0.165. The Labute approximate surface area is 177 Å². The molecule has 0 fully saturated rings. The van der Waals surface area contributed by atoms with E-state index >= 15 is 0 Å². The highest BCUT2D eigenvalue weighted by Crippen LogP contribution is 2.28. The summed E-state index contributed by atoms with van der Waals surface area (Å²) in [4.78, 5) is 34.4. The van der Waals surface area contributed by atoms with Crippen LogP contribution in [0.15, 0.2) is 30.4 Å². The maximum atomic E-state index is 12.0. The number of hydrogen-bond acceptors (Lipinski definition) is 7. The normalized spacial score (nSPS) is 11.9. The van der Waals surface area contributed by atoms with Crippen molar-refractivity contribution in [3.8, 4) is 11.5 Å². The van der Waals surface area contributed by atoms with Gasteiger partial charge in [0.15, 0.2) is 23.9 Å². The maximum absolute atomic E-state index is 12.0. The minimum absolute atomic E-state index is 0.0209. The summed E-state index contributed by atoms with van der Waals surface area (Å²) in [6, 6.07) is 4.88. The summed E-state index contributed by atoms with van der Waals surface area (Å²) in [6.07, 6.45) is 5.88. The fraction of sp³-hybridized carbons (Fsp3) is 0.500. The average molecular weight is 421 g/mol. The van der Waals surface area contributed by atoms with E-state index < -0.39 is 12.3 Å². The number of methoxy groups -OCH3 is 1. The van der Waals surface area contributed by atoms with Gasteiger partial charge in [0, 0.05) is 19.5 Å². The van der Waals surface area contributed by atoms with E-state index in [-0.39, 0.29) is 18.2 Å². The molecule has 0 heterocycles. The molecule has 1 aromatic carbocycles. The molecule has 1 atom stereocenters. The zero-order valence-corrected chi connectivity index (χ0v) is 17.9. The Kier molecular flexibility index (Phi) is 11.9. The number of carbonyl (C=O) groups is 3. The van der Waals surface area contributed by atoms with Gasteiger partial charge in [-0.1, -0.05) is 32.1 Å². The minimum atomic E-state index is -1.07. The van der Waals surface area contributed by atoms with Crippen LogP contribution in [-0.4, -0.2) is 38.1 Å². The van der Waals surface area contributed by atoms with Crippen molar-refractivity contribution in [3.63, 3.8) is 0 Å². The largest absolute Gasteiger partial charge is 0.514 e. The van der Waals surface area contributed by atoms with Crippen LogP contribution in [0.25, 0.3) is 0 Å². The Hall–Kier alpha value is -2.87. The molecular weight excluding hydrogens is 388 g/mol. The second kappa shape index (κ2) is 14.2. The van der Waals surface area contributed by atoms with Gasteiger partial charge < -0.3 is 25.3 Å². The first kappa shape index (κ1) is 25.2. The highest BCUT2D eigenvalue weighted by Gasteiger charge is 2.16. The second-order valence-corrected chi connectivity index (χ2v) is 7.06. The lowest BCUT2D eigenvalue weighted by Crippen LogP contribution is -2.29. The van der Waals surface area contributed by atoms with Gasteiger partial charge in [0.25, 0.3) is 0 Å². The number of unbranched alkanes of at least 4 members (excludes halogenated alkanes) is 2. The zero-order chi connectivity index (χ0) is 22.4. The summed E-state index contributed by atoms with van der Waals surface area (Å²) in [5.74, 6) is 0.957. The van der Waals surface area contributed by atoms with E-state index in [1.54, 1.807) is 12.1 Å². The van der Waals surface area contributed by atoms with Gasteiger partial charge in [-0.05, 0) is 42.9 Å². The average Bonchev–Trinajstić information content (AvgIpc) is 2.73. The summed E-state index contributed by atoms with van der Waals surface area (Å²) in [5.41, 5.74) is 6.08. The van der Waals surface area contributed by atoms with E-state index in [0.717, 1.165) is 24.8 Å². The van der Waals surface area contributed by atoms with Crippen LogP contribution in [-0.2, 0) is 20.9 Å². The summed E-state index contributed by atoms with van der Waals surface area (Å²) >= 11 is 0. The Bertz CT molecular complexity index is 718. The zero-order valence-electron chi connectivity index (χ0n) is 17.9. The summed E-state index contributed by atoms with van der Waals surface area (Å²) in [6.45, 7) is 4.46. The summed E-state index contributed by atoms with van der Waals surface area (Å²) in [7, 11) is 1.43. The number of benzene rings is 1. The lowest BCUT2D eigenvalue weighted by molar-refractivity contribution is -0.121. The van der Waals surface area contributed by atoms with E-state index in [9.17, 15) is 14.4 Å². The predicted molar refractivity (Wildman–Crippen MR) is 113 cm³/mol. The number of carbonyl (C=O) groups excluding carboxylic acids is 3. The standard InChI is InChI=1S/C22H32N2O6/c1-16(2)8-6-4-5-7-9-21(26)24-14-17-10-11-19(20(12-17)28-3)30-22(27)29-18(13-23)15-25/h6,8,10-12,15-16,18H,4-5,7,9,13-14,23H2,1-3H3,(H,24,26)/b8-6+. The number of nitrogens with two attached hydrogens (primary N) is 1. The van der Waals surface area contributed by atoms with Gasteiger partial charge in [-0.25, -0.2) is 4.79 Å². The molecule has 0 aliphatic carbocycles. The molecule has 1 rings (SSSR count). The third kappa shape index (κ3) is 10.1. The van der Waals surface area contributed by atoms with Crippen LogP contribution in [0.2, 0.25) is 0 Å². The molecule has 0 spiro atoms. The fourth-order valence-corrected chi connectivity index (χ4v) is 2.48. The van der Waals surface area contributed by atoms with Gasteiger partial charge in [0.2, 0.25) is 5.91 Å². The monoisotopic (exact) mass is 420 g/mol. The molecule has 166 valence electrons. The molecular formula is C22H32N2O6. The van der Waals surface area contributed by atoms with Crippen LogP contribution in [0.4, 0.5) is 4.79 Å². The Balaban J connectivity index is 2.47. The first-order valence-corrected chi connectivity index (χ1v) is 10.0. The Morgan fingerprint density at radius 2 is 1.97 bits per heavy atom. The number of allylic oxidation sites excluding steroid dienone is 2. The third-order valence-electron chi connectivity index (χ3n) is 4.09. The summed E-state index contributed by atoms with van der Waals surface area (Å²) in [5, 5.41) is 2.86. The van der Waals surface area contributed by atoms with Gasteiger partial charge in [0.1, 0.15) is 0 Å². The molecule has 8 nitrogen and oxygen atoms in total. The Morgan fingerprint density at radius 3 is 2.60 bits per heavy atom. The maximum Gasteiger partial charge on any atom is 0.514 e. The minimum Gasteiger partial charge on any atom is -0.493 e. The fourth-order valence-electron chi connectivity index (χ4n) is 2.48. The van der Waals surface area contributed by atoms with Crippen LogP contribution >= 0.6 is 0 Å². The number of amides is 1. The van der Waals surface area contributed by atoms with Crippen LogP contribution in [0.1, 0.15) is 45.1 Å². The predicted octanol–water partition coefficient (Wildman–Crippen LogP) is 3.13. The van der Waals surface area contributed by atoms with Crippen LogP contribution < -0.4 is 20.5 Å². The first-order chi connectivity index (χ1) is 14.4. The van der Waals surface area contributed by atoms with Gasteiger partial charge in [-0.2, -0.15) is 0 Å². The van der Waals surface area contributed by atoms with E-state index in [4.69, 9.17) is 19.9 Å². The number of hydrogen-bond donors (Lipinski definition) is 2. The molecule has 1 aromatic rings. The van der Waals surface area contributed by atoms with Crippen molar-refractivity contribution in [3.05, 3.63) is 35.9 Å². The molecule has 30 heavy (non-hydrogen) atoms. The van der Waals surface area contributed by atoms with E-state index in [1.807, 2.05) is 0 Å². The van der Waals surface area contributed by atoms with Gasteiger partial charge in [-0.3, -0.25) is 9.59 Å². The second-order valence-electron chi connectivity index (χ2n) is 7.06. The van der Waals surface area contributed by atoms with Crippen LogP contribution in [0, 0.1) is 5.92 Å². The van der Waals surface area contributed by atoms with E-state index in [1.165, 1.54) is 13.2 Å². The van der Waals surface area contributed by atoms with E-state index in [0.29, 0.717) is 30.9 Å². The SMILES string of the molecule is COc1cc(CNC(=O)CCCC/C=C/C(C)C)ccc1OC(=O)OC(C=O)CN. The van der Waals surface area contributed by atoms with Crippen molar-refractivity contribution in [2.45, 2.75) is 52.2 Å². The molecule has 0 saturated heterocycles. The van der Waals surface area contributed by atoms with Gasteiger partial charge in [0.05, 0.1) is 7.11 Å². The van der Waals surface area contributed by atoms with Crippen molar-refractivity contribution < 1.29 is 28.6 Å². The Morgan fingerprint density at radius 1 is 1.20 bits per heavy atom. The van der Waals surface area contributed by atoms with Gasteiger partial charge in [-0.15, -0.1) is 0 Å². The highest BCUT2D eigenvalue weighted by molar-refractivity contribution is 5.75. The molecule has 0 aliphatic heterocycles. The van der Waals surface area contributed by atoms with Gasteiger partial charge >= 0.3 is 6.16 Å². The van der Waals surface area contributed by atoms with Crippen molar-refractivity contribution in [1.29, 1.82) is 0 Å². The molecule has 1 amide bonds. The molecule has 0 radical (unpaired) electrons. The third-order valence-corrected chi connectivity index (χ3v) is 4.09. The molecule has 8 heteroatoms. The molecule has 0 saturated carbocycles. The first-order valence-electron chi connectivity index (χ1n) is 10.0. The highest BCUT2D eigenvalue weighted by atomic mass is 16.7.